The van der Waals surface area contributed by atoms with Crippen LogP contribution < -0.4 is 4.74 Å². The third-order valence-corrected chi connectivity index (χ3v) is 7.59. The van der Waals surface area contributed by atoms with Crippen LogP contribution in [0.5, 0.6) is 5.75 Å². The molecule has 0 aromatic heterocycles. The van der Waals surface area contributed by atoms with E-state index in [1.165, 1.54) is 6.07 Å². The number of amides is 1. The van der Waals surface area contributed by atoms with Crippen LogP contribution in [-0.2, 0) is 24.4 Å². The Morgan fingerprint density at radius 2 is 1.54 bits per heavy atom. The standard InChI is InChI=1S/C26H25NO7S/c1-2-33-26(29)18-11-13-27(14-12-18)23(28)15-34-21-9-5-16-3-4-17-6-10-22(35(30,31)32)20-8-7-19(21)24(16)25(17)20/h3-10,18H,2,11-15H2,1H3,(H,30,31,32). The third-order valence-electron chi connectivity index (χ3n) is 6.68. The summed E-state index contributed by atoms with van der Waals surface area (Å²) in [6, 6.07) is 14.0. The minimum absolute atomic E-state index is 0.146. The molecule has 182 valence electrons. The van der Waals surface area contributed by atoms with Crippen LogP contribution in [0.4, 0.5) is 0 Å². The first-order chi connectivity index (χ1) is 16.8. The van der Waals surface area contributed by atoms with Crippen molar-refractivity contribution < 1.29 is 32.0 Å². The van der Waals surface area contributed by atoms with Gasteiger partial charge < -0.3 is 14.4 Å². The molecule has 0 bridgehead atoms. The largest absolute Gasteiger partial charge is 0.483 e. The van der Waals surface area contributed by atoms with Crippen LogP contribution in [-0.4, -0.2) is 56.1 Å². The summed E-state index contributed by atoms with van der Waals surface area (Å²) in [5, 5.41) is 4.44. The van der Waals surface area contributed by atoms with Crippen LogP contribution in [0.25, 0.3) is 32.3 Å². The lowest BCUT2D eigenvalue weighted by molar-refractivity contribution is -0.151. The van der Waals surface area contributed by atoms with Crippen LogP contribution in [0.15, 0.2) is 53.4 Å². The quantitative estimate of drug-likeness (QED) is 0.244. The second kappa shape index (κ2) is 8.98. The van der Waals surface area contributed by atoms with Crippen molar-refractivity contribution in [3.63, 3.8) is 0 Å². The first kappa shape index (κ1) is 23.3. The van der Waals surface area contributed by atoms with E-state index in [-0.39, 0.29) is 29.3 Å². The molecule has 0 radical (unpaired) electrons. The Labute approximate surface area is 202 Å². The summed E-state index contributed by atoms with van der Waals surface area (Å²) in [4.78, 5) is 26.3. The van der Waals surface area contributed by atoms with Crippen LogP contribution in [0.3, 0.4) is 0 Å². The van der Waals surface area contributed by atoms with E-state index in [1.807, 2.05) is 18.2 Å². The van der Waals surface area contributed by atoms with Gasteiger partial charge in [-0.1, -0.05) is 30.3 Å². The zero-order valence-corrected chi connectivity index (χ0v) is 20.0. The second-order valence-electron chi connectivity index (χ2n) is 8.72. The summed E-state index contributed by atoms with van der Waals surface area (Å²) < 4.78 is 44.6. The predicted octanol–water partition coefficient (Wildman–Crippen LogP) is 4.01. The van der Waals surface area contributed by atoms with E-state index in [2.05, 4.69) is 0 Å². The molecule has 9 heteroatoms. The summed E-state index contributed by atoms with van der Waals surface area (Å²) in [7, 11) is -4.39. The third kappa shape index (κ3) is 4.26. The maximum absolute atomic E-state index is 12.8. The fourth-order valence-electron chi connectivity index (χ4n) is 4.95. The van der Waals surface area contributed by atoms with Gasteiger partial charge in [0.25, 0.3) is 16.0 Å². The summed E-state index contributed by atoms with van der Waals surface area (Å²) in [6.45, 7) is 2.93. The number of likely N-dealkylation sites (tertiary alicyclic amines) is 1. The van der Waals surface area contributed by atoms with E-state index in [9.17, 15) is 22.6 Å². The number of esters is 1. The Morgan fingerprint density at radius 3 is 2.20 bits per heavy atom. The number of ether oxygens (including phenoxy) is 2. The molecular formula is C26H25NO7S. The molecule has 1 aliphatic heterocycles. The normalized spacial score (nSPS) is 15.2. The fourth-order valence-corrected chi connectivity index (χ4v) is 5.64. The van der Waals surface area contributed by atoms with Gasteiger partial charge in [-0.15, -0.1) is 0 Å². The first-order valence-electron chi connectivity index (χ1n) is 11.5. The lowest BCUT2D eigenvalue weighted by Gasteiger charge is -2.30. The van der Waals surface area contributed by atoms with Crippen LogP contribution in [0.2, 0.25) is 0 Å². The number of piperidine rings is 1. The molecule has 1 aliphatic rings. The second-order valence-corrected chi connectivity index (χ2v) is 10.1. The number of nitrogens with zero attached hydrogens (tertiary/aromatic N) is 1. The summed E-state index contributed by atoms with van der Waals surface area (Å²) in [6.07, 6.45) is 1.14. The zero-order chi connectivity index (χ0) is 24.7. The molecule has 1 amide bonds. The number of rotatable bonds is 6. The predicted molar refractivity (Wildman–Crippen MR) is 131 cm³/mol. The number of benzene rings is 4. The van der Waals surface area contributed by atoms with Gasteiger partial charge in [0.15, 0.2) is 6.61 Å². The Morgan fingerprint density at radius 1 is 0.943 bits per heavy atom. The molecule has 4 aromatic carbocycles. The Bertz CT molecular complexity index is 1540. The van der Waals surface area contributed by atoms with Crippen LogP contribution in [0.1, 0.15) is 19.8 Å². The summed E-state index contributed by atoms with van der Waals surface area (Å²) in [5.41, 5.74) is 0. The molecule has 1 N–H and O–H groups in total. The molecule has 1 saturated heterocycles. The lowest BCUT2D eigenvalue weighted by Crippen LogP contribution is -2.42. The van der Waals surface area contributed by atoms with Gasteiger partial charge in [-0.2, -0.15) is 8.42 Å². The molecule has 1 heterocycles. The van der Waals surface area contributed by atoms with E-state index in [1.54, 1.807) is 36.1 Å². The SMILES string of the molecule is CCOC(=O)C1CCN(C(=O)COc2ccc3ccc4ccc(S(=O)(=O)O)c5ccc2c3c45)CC1. The molecule has 1 fully saturated rings. The Hall–Kier alpha value is -3.43. The number of carbonyl (C=O) groups is 2. The summed E-state index contributed by atoms with van der Waals surface area (Å²) >= 11 is 0. The lowest BCUT2D eigenvalue weighted by atomic mass is 9.94. The number of carbonyl (C=O) groups excluding carboxylic acids is 2. The maximum Gasteiger partial charge on any atom is 0.309 e. The van der Waals surface area contributed by atoms with Gasteiger partial charge in [0.05, 0.1) is 12.5 Å². The van der Waals surface area contributed by atoms with Crippen molar-refractivity contribution >= 4 is 54.3 Å². The summed E-state index contributed by atoms with van der Waals surface area (Å²) in [5.74, 6) is -0.0302. The monoisotopic (exact) mass is 495 g/mol. The highest BCUT2D eigenvalue weighted by molar-refractivity contribution is 7.86. The molecule has 5 rings (SSSR count). The van der Waals surface area contributed by atoms with Crippen molar-refractivity contribution in [1.82, 2.24) is 4.90 Å². The van der Waals surface area contributed by atoms with Gasteiger partial charge >= 0.3 is 5.97 Å². The topological polar surface area (TPSA) is 110 Å². The van der Waals surface area contributed by atoms with Gasteiger partial charge in [-0.3, -0.25) is 14.1 Å². The van der Waals surface area contributed by atoms with E-state index < -0.39 is 10.1 Å². The van der Waals surface area contributed by atoms with Gasteiger partial charge in [-0.05, 0) is 54.1 Å². The average Bonchev–Trinajstić information content (AvgIpc) is 2.85. The minimum atomic E-state index is -4.39. The molecule has 35 heavy (non-hydrogen) atoms. The van der Waals surface area contributed by atoms with E-state index in [0.29, 0.717) is 49.1 Å². The first-order valence-corrected chi connectivity index (χ1v) is 13.0. The molecule has 0 atom stereocenters. The van der Waals surface area contributed by atoms with E-state index in [0.717, 1.165) is 21.5 Å². The van der Waals surface area contributed by atoms with Crippen molar-refractivity contribution in [3.8, 4) is 5.75 Å². The Balaban J connectivity index is 1.40. The van der Waals surface area contributed by atoms with Crippen molar-refractivity contribution in [2.24, 2.45) is 5.92 Å². The van der Waals surface area contributed by atoms with Crippen molar-refractivity contribution in [2.75, 3.05) is 26.3 Å². The van der Waals surface area contributed by atoms with Crippen molar-refractivity contribution in [3.05, 3.63) is 48.5 Å². The molecule has 4 aromatic rings. The van der Waals surface area contributed by atoms with E-state index in [4.69, 9.17) is 9.47 Å². The molecule has 0 unspecified atom stereocenters. The van der Waals surface area contributed by atoms with Gasteiger partial charge in [0, 0.05) is 29.2 Å². The molecular weight excluding hydrogens is 470 g/mol. The van der Waals surface area contributed by atoms with Crippen molar-refractivity contribution in [2.45, 2.75) is 24.7 Å². The number of hydrogen-bond acceptors (Lipinski definition) is 6. The smallest absolute Gasteiger partial charge is 0.309 e. The molecule has 8 nitrogen and oxygen atoms in total. The van der Waals surface area contributed by atoms with Crippen LogP contribution >= 0.6 is 0 Å². The molecule has 0 saturated carbocycles. The van der Waals surface area contributed by atoms with Crippen LogP contribution in [0, 0.1) is 5.92 Å². The highest BCUT2D eigenvalue weighted by Gasteiger charge is 2.28. The fraction of sp³-hybridized carbons (Fsp3) is 0.308. The number of hydrogen-bond donors (Lipinski definition) is 1. The minimum Gasteiger partial charge on any atom is -0.483 e. The van der Waals surface area contributed by atoms with Gasteiger partial charge in [0.1, 0.15) is 10.6 Å². The molecule has 0 aliphatic carbocycles. The van der Waals surface area contributed by atoms with E-state index >= 15 is 0 Å². The maximum atomic E-state index is 12.8. The zero-order valence-electron chi connectivity index (χ0n) is 19.2. The van der Waals surface area contributed by atoms with Gasteiger partial charge in [-0.25, -0.2) is 0 Å². The van der Waals surface area contributed by atoms with Crippen molar-refractivity contribution in [1.29, 1.82) is 0 Å². The highest BCUT2D eigenvalue weighted by atomic mass is 32.2. The average molecular weight is 496 g/mol. The highest BCUT2D eigenvalue weighted by Crippen LogP contribution is 2.40. The molecule has 0 spiro atoms. The van der Waals surface area contributed by atoms with Gasteiger partial charge in [0.2, 0.25) is 0 Å². The Kier molecular flexibility index (Phi) is 5.98.